The molecule has 14 nitrogen and oxygen atoms in total. The second-order valence-electron chi connectivity index (χ2n) is 14.4. The summed E-state index contributed by atoms with van der Waals surface area (Å²) in [4.78, 5) is 26.6. The van der Waals surface area contributed by atoms with Crippen LogP contribution in [-0.4, -0.2) is 94.4 Å². The molecule has 2 atom stereocenters. The molecule has 0 fully saturated rings. The van der Waals surface area contributed by atoms with Gasteiger partial charge in [0.05, 0.1) is 41.1 Å². The average molecular weight is 837 g/mol. The average Bonchev–Trinajstić information content (AvgIpc) is 3.01. The van der Waals surface area contributed by atoms with Crippen molar-refractivity contribution in [3.05, 3.63) is 47.5 Å². The van der Waals surface area contributed by atoms with E-state index >= 15 is 0 Å². The molecule has 0 aliphatic carbocycles. The van der Waals surface area contributed by atoms with E-state index in [-0.39, 0.29) is 113 Å². The molecule has 0 amide bonds. The number of hydrogen-bond acceptors (Lipinski definition) is 14. The van der Waals surface area contributed by atoms with E-state index in [0.29, 0.717) is 63.3 Å². The van der Waals surface area contributed by atoms with Crippen molar-refractivity contribution in [1.29, 1.82) is 0 Å². The SMILES string of the molecule is CCOC(=O)CCCN1c2cc(OC)ccc2C(CS(=O)(=O)[O-])CC1(C)C.COc1ccc2c(c1)N(CCCC(=O)[O-])C(C)(C)CC2CS(=O)(=O)[O-].[Na+].[Na+].[Na+]. The number of carbonyl (C=O) groups is 2. The summed E-state index contributed by atoms with van der Waals surface area (Å²) in [5, 5.41) is 10.7. The number of ether oxygens (including phenoxy) is 3. The number of carboxylic acids is 1. The van der Waals surface area contributed by atoms with Crippen LogP contribution < -0.4 is 113 Å². The second kappa shape index (κ2) is 23.3. The summed E-state index contributed by atoms with van der Waals surface area (Å²) >= 11 is 0. The van der Waals surface area contributed by atoms with Crippen LogP contribution in [0.5, 0.6) is 11.5 Å². The Morgan fingerprint density at radius 3 is 1.44 bits per heavy atom. The Labute approximate surface area is 393 Å². The van der Waals surface area contributed by atoms with E-state index in [1.165, 1.54) is 7.11 Å². The third-order valence-electron chi connectivity index (χ3n) is 9.53. The van der Waals surface area contributed by atoms with Gasteiger partial charge in [-0.25, -0.2) is 16.8 Å². The third kappa shape index (κ3) is 16.5. The van der Waals surface area contributed by atoms with Crippen LogP contribution in [-0.2, 0) is 34.6 Å². The number of anilines is 2. The van der Waals surface area contributed by atoms with Gasteiger partial charge >= 0.3 is 94.6 Å². The first-order valence-corrected chi connectivity index (χ1v) is 20.4. The molecule has 2 unspecified atom stereocenters. The Morgan fingerprint density at radius 2 is 1.11 bits per heavy atom. The molecular formula is C36H51N2Na3O12S2. The molecule has 2 heterocycles. The normalized spacial score (nSPS) is 18.0. The van der Waals surface area contributed by atoms with Crippen LogP contribution >= 0.6 is 0 Å². The molecule has 0 N–H and O–H groups in total. The van der Waals surface area contributed by atoms with E-state index in [4.69, 9.17) is 14.2 Å². The van der Waals surface area contributed by atoms with E-state index in [0.717, 1.165) is 22.5 Å². The largest absolute Gasteiger partial charge is 1.00 e. The van der Waals surface area contributed by atoms with Crippen molar-refractivity contribution in [2.75, 3.05) is 55.2 Å². The number of benzene rings is 2. The molecule has 19 heteroatoms. The van der Waals surface area contributed by atoms with Gasteiger partial charge in [0.25, 0.3) is 0 Å². The van der Waals surface area contributed by atoms with Gasteiger partial charge in [0.15, 0.2) is 0 Å². The van der Waals surface area contributed by atoms with Crippen LogP contribution in [0.25, 0.3) is 0 Å². The summed E-state index contributed by atoms with van der Waals surface area (Å²) in [6.45, 7) is 11.2. The molecule has 2 aromatic carbocycles. The maximum Gasteiger partial charge on any atom is 1.00 e. The summed E-state index contributed by atoms with van der Waals surface area (Å²) in [5.41, 5.74) is 2.42. The Kier molecular flexibility index (Phi) is 23.0. The van der Waals surface area contributed by atoms with Crippen molar-refractivity contribution >= 4 is 43.5 Å². The molecule has 0 saturated heterocycles. The van der Waals surface area contributed by atoms with Crippen LogP contribution in [0.3, 0.4) is 0 Å². The minimum absolute atomic E-state index is 0. The fourth-order valence-corrected chi connectivity index (χ4v) is 8.97. The fourth-order valence-electron chi connectivity index (χ4n) is 7.39. The molecule has 0 bridgehead atoms. The number of hydrogen-bond donors (Lipinski definition) is 0. The summed E-state index contributed by atoms with van der Waals surface area (Å²) in [6.07, 6.45) is 2.31. The van der Waals surface area contributed by atoms with E-state index < -0.39 is 49.2 Å². The van der Waals surface area contributed by atoms with Crippen molar-refractivity contribution < 1.29 is 144 Å². The number of fused-ring (bicyclic) bond motifs is 2. The first-order valence-electron chi connectivity index (χ1n) is 17.2. The summed E-state index contributed by atoms with van der Waals surface area (Å²) in [7, 11) is -5.60. The van der Waals surface area contributed by atoms with E-state index in [1.807, 2.05) is 39.8 Å². The zero-order valence-electron chi connectivity index (χ0n) is 34.0. The first-order chi connectivity index (χ1) is 24.1. The maximum atomic E-state index is 11.6. The first kappa shape index (κ1) is 54.4. The van der Waals surface area contributed by atoms with Crippen LogP contribution in [0, 0.1) is 0 Å². The third-order valence-corrected chi connectivity index (χ3v) is 11.2. The fraction of sp³-hybridized carbons (Fsp3) is 0.611. The molecule has 4 rings (SSSR count). The van der Waals surface area contributed by atoms with Gasteiger partial charge in [-0.1, -0.05) is 12.1 Å². The van der Waals surface area contributed by atoms with Crippen molar-refractivity contribution in [2.24, 2.45) is 0 Å². The molecule has 0 spiro atoms. The smallest absolute Gasteiger partial charge is 0.748 e. The molecule has 2 aliphatic rings. The molecule has 2 aromatic rings. The molecular weight excluding hydrogens is 786 g/mol. The van der Waals surface area contributed by atoms with Gasteiger partial charge in [-0.05, 0) is 90.0 Å². The zero-order valence-corrected chi connectivity index (χ0v) is 41.6. The second-order valence-corrected chi connectivity index (χ2v) is 17.3. The predicted octanol–water partition coefficient (Wildman–Crippen LogP) is -5.49. The van der Waals surface area contributed by atoms with E-state index in [1.54, 1.807) is 38.3 Å². The van der Waals surface area contributed by atoms with Crippen molar-refractivity contribution in [2.45, 2.75) is 96.1 Å². The summed E-state index contributed by atoms with van der Waals surface area (Å²) in [6, 6.07) is 10.8. The van der Waals surface area contributed by atoms with Gasteiger partial charge in [0.1, 0.15) is 11.5 Å². The standard InChI is InChI=1S/C19H29NO6S.C17H25NO6S.3Na/c1-5-26-18(21)7-6-10-20-17-11-15(25-4)8-9-16(17)14(12-19(20,2)3)13-27(22,23)24;1-17(2)10-12(11-25(21,22)23)14-7-6-13(24-3)9-15(14)18(17)8-4-5-16(19)20;;;/h8-9,11,14H,5-7,10,12-13H2,1-4H3,(H,22,23,24);6-7,9,12H,4-5,8,10-11H2,1-3H3,(H,19,20)(H,21,22,23);;;/q;;3*+1/p-3. The number of rotatable bonds is 15. The Morgan fingerprint density at radius 1 is 0.727 bits per heavy atom. The topological polar surface area (TPSA) is 206 Å². The quantitative estimate of drug-likeness (QED) is 0.0934. The molecule has 292 valence electrons. The number of nitrogens with zero attached hydrogens (tertiary/aromatic N) is 2. The molecule has 0 aromatic heterocycles. The van der Waals surface area contributed by atoms with Gasteiger partial charge in [0, 0.05) is 83.4 Å². The van der Waals surface area contributed by atoms with Gasteiger partial charge in [-0.15, -0.1) is 0 Å². The zero-order chi connectivity index (χ0) is 39.1. The van der Waals surface area contributed by atoms with Crippen LogP contribution in [0.1, 0.15) is 96.1 Å². The number of carbonyl (C=O) groups excluding carboxylic acids is 2. The molecule has 0 radical (unpaired) electrons. The van der Waals surface area contributed by atoms with Gasteiger partial charge < -0.3 is 43.0 Å². The Balaban J connectivity index is 0.00000101. The number of methoxy groups -OCH3 is 2. The Hall–Kier alpha value is -0.600. The summed E-state index contributed by atoms with van der Waals surface area (Å²) < 4.78 is 83.7. The number of carboxylic acid groups (broad SMARTS) is 1. The van der Waals surface area contributed by atoms with E-state index in [2.05, 4.69) is 9.80 Å². The minimum atomic E-state index is -4.36. The minimum Gasteiger partial charge on any atom is -0.748 e. The van der Waals surface area contributed by atoms with Gasteiger partial charge in [-0.3, -0.25) is 4.79 Å². The maximum absolute atomic E-state index is 11.6. The summed E-state index contributed by atoms with van der Waals surface area (Å²) in [5.74, 6) is -1.71. The van der Waals surface area contributed by atoms with Gasteiger partial charge in [0.2, 0.25) is 0 Å². The van der Waals surface area contributed by atoms with Crippen molar-refractivity contribution in [1.82, 2.24) is 0 Å². The van der Waals surface area contributed by atoms with Crippen molar-refractivity contribution in [3.8, 4) is 11.5 Å². The molecule has 0 saturated carbocycles. The monoisotopic (exact) mass is 836 g/mol. The van der Waals surface area contributed by atoms with Gasteiger partial charge in [-0.2, -0.15) is 0 Å². The number of esters is 1. The molecule has 2 aliphatic heterocycles. The Bertz CT molecular complexity index is 1790. The van der Waals surface area contributed by atoms with Crippen molar-refractivity contribution in [3.63, 3.8) is 0 Å². The van der Waals surface area contributed by atoms with Crippen LogP contribution in [0.2, 0.25) is 0 Å². The van der Waals surface area contributed by atoms with Crippen LogP contribution in [0.4, 0.5) is 11.4 Å². The molecule has 55 heavy (non-hydrogen) atoms. The van der Waals surface area contributed by atoms with Crippen LogP contribution in [0.15, 0.2) is 36.4 Å². The predicted molar refractivity (Wildman–Crippen MR) is 193 cm³/mol. The van der Waals surface area contributed by atoms with E-state index in [9.17, 15) is 40.6 Å². The number of aliphatic carboxylic acids is 1.